The van der Waals surface area contributed by atoms with Gasteiger partial charge in [0.25, 0.3) is 0 Å². The summed E-state index contributed by atoms with van der Waals surface area (Å²) in [5.74, 6) is 1.16. The third kappa shape index (κ3) is 6.30. The Bertz CT molecular complexity index is 1530. The highest BCUT2D eigenvalue weighted by molar-refractivity contribution is 7.89. The third-order valence-electron chi connectivity index (χ3n) is 6.77. The van der Waals surface area contributed by atoms with Crippen molar-refractivity contribution in [1.82, 2.24) is 9.97 Å². The van der Waals surface area contributed by atoms with E-state index in [4.69, 9.17) is 9.47 Å². The number of nitrogens with one attached hydrogen (secondary N) is 1. The number of carbonyl (C=O) groups is 1. The van der Waals surface area contributed by atoms with Gasteiger partial charge in [-0.25, -0.2) is 23.2 Å². The van der Waals surface area contributed by atoms with Crippen LogP contribution in [0.15, 0.2) is 42.7 Å². The van der Waals surface area contributed by atoms with Gasteiger partial charge in [-0.1, -0.05) is 12.1 Å². The minimum atomic E-state index is -3.08. The van der Waals surface area contributed by atoms with E-state index >= 15 is 0 Å². The molecule has 1 N–H and O–H groups in total. The van der Waals surface area contributed by atoms with E-state index in [1.165, 1.54) is 11.8 Å². The lowest BCUT2D eigenvalue weighted by molar-refractivity contribution is 0.0566. The van der Waals surface area contributed by atoms with Crippen LogP contribution in [-0.4, -0.2) is 56.0 Å². The van der Waals surface area contributed by atoms with Gasteiger partial charge in [-0.15, -0.1) is 0 Å². The number of hydrogen-bond donors (Lipinski definition) is 1. The molecule has 0 aliphatic carbocycles. The Kier molecular flexibility index (Phi) is 7.34. The Morgan fingerprint density at radius 1 is 1.10 bits per heavy atom. The standard InChI is InChI=1S/C29H35N5O5S/c1-19-24(16-31-27-26(19)34(12-13-38-27)28(35)39-29(2,3)4)33-11-10-21-15-30-25(14-22(21)17-33)32-23-8-6-20(7-9-23)18-40(5,36)37/h6-9,14-16H,10-13,17-18H2,1-5H3,(H,30,32). The van der Waals surface area contributed by atoms with Crippen molar-refractivity contribution < 1.29 is 22.7 Å². The van der Waals surface area contributed by atoms with E-state index in [9.17, 15) is 13.2 Å². The molecule has 0 spiro atoms. The summed E-state index contributed by atoms with van der Waals surface area (Å²) in [6.07, 6.45) is 5.37. The molecule has 0 radical (unpaired) electrons. The van der Waals surface area contributed by atoms with Crippen molar-refractivity contribution in [2.45, 2.75) is 52.0 Å². The number of sulfone groups is 1. The highest BCUT2D eigenvalue weighted by atomic mass is 32.2. The molecule has 0 atom stereocenters. The monoisotopic (exact) mass is 565 g/mol. The van der Waals surface area contributed by atoms with Crippen molar-refractivity contribution in [1.29, 1.82) is 0 Å². The molecule has 0 saturated carbocycles. The van der Waals surface area contributed by atoms with E-state index in [1.807, 2.05) is 58.3 Å². The lowest BCUT2D eigenvalue weighted by Crippen LogP contribution is -2.42. The first-order chi connectivity index (χ1) is 18.9. The molecule has 2 aliphatic rings. The molecule has 40 heavy (non-hydrogen) atoms. The lowest BCUT2D eigenvalue weighted by atomic mass is 10.0. The maximum absolute atomic E-state index is 13.0. The summed E-state index contributed by atoms with van der Waals surface area (Å²) in [7, 11) is -3.08. The number of nitrogens with zero attached hydrogens (tertiary/aromatic N) is 4. The second-order valence-electron chi connectivity index (χ2n) is 11.3. The quantitative estimate of drug-likeness (QED) is 0.467. The average molecular weight is 566 g/mol. The molecule has 3 aromatic rings. The maximum Gasteiger partial charge on any atom is 0.415 e. The number of carbonyl (C=O) groups excluding carboxylic acids is 1. The molecule has 5 rings (SSSR count). The fourth-order valence-electron chi connectivity index (χ4n) is 4.99. The third-order valence-corrected chi connectivity index (χ3v) is 7.63. The smallest absolute Gasteiger partial charge is 0.415 e. The van der Waals surface area contributed by atoms with Gasteiger partial charge < -0.3 is 19.7 Å². The predicted molar refractivity (Wildman–Crippen MR) is 155 cm³/mol. The summed E-state index contributed by atoms with van der Waals surface area (Å²) < 4.78 is 34.6. The topological polar surface area (TPSA) is 114 Å². The van der Waals surface area contributed by atoms with Crippen LogP contribution < -0.4 is 19.9 Å². The molecule has 0 bridgehead atoms. The van der Waals surface area contributed by atoms with Crippen molar-refractivity contribution in [2.75, 3.05) is 41.1 Å². The Labute approximate surface area is 235 Å². The second kappa shape index (κ2) is 10.6. The van der Waals surface area contributed by atoms with Gasteiger partial charge in [0.1, 0.15) is 23.7 Å². The lowest BCUT2D eigenvalue weighted by Gasteiger charge is -2.35. The van der Waals surface area contributed by atoms with Gasteiger partial charge >= 0.3 is 6.09 Å². The SMILES string of the molecule is Cc1c(N2CCc3cnc(Nc4ccc(CS(C)(=O)=O)cc4)cc3C2)cnc2c1N(C(=O)OC(C)(C)C)CCO2. The number of aromatic nitrogens is 2. The molecule has 1 amide bonds. The molecule has 0 unspecified atom stereocenters. The molecule has 4 heterocycles. The molecule has 0 fully saturated rings. The van der Waals surface area contributed by atoms with Gasteiger partial charge in [-0.05, 0) is 69.0 Å². The Morgan fingerprint density at radius 2 is 1.85 bits per heavy atom. The maximum atomic E-state index is 13.0. The zero-order chi connectivity index (χ0) is 28.7. The van der Waals surface area contributed by atoms with Gasteiger partial charge in [0, 0.05) is 36.8 Å². The summed E-state index contributed by atoms with van der Waals surface area (Å²) in [6, 6.07) is 9.37. The normalized spacial score (nSPS) is 15.1. The molecule has 11 heteroatoms. The van der Waals surface area contributed by atoms with Crippen molar-refractivity contribution >= 4 is 38.8 Å². The van der Waals surface area contributed by atoms with E-state index in [0.29, 0.717) is 37.1 Å². The van der Waals surface area contributed by atoms with Crippen LogP contribution in [0.1, 0.15) is 43.0 Å². The molecule has 212 valence electrons. The Balaban J connectivity index is 1.35. The van der Waals surface area contributed by atoms with Crippen LogP contribution in [0.2, 0.25) is 0 Å². The highest BCUT2D eigenvalue weighted by Crippen LogP contribution is 2.40. The van der Waals surface area contributed by atoms with Crippen LogP contribution in [-0.2, 0) is 33.3 Å². The van der Waals surface area contributed by atoms with Crippen LogP contribution in [0, 0.1) is 6.92 Å². The molecule has 1 aromatic carbocycles. The number of anilines is 4. The first kappa shape index (κ1) is 27.7. The predicted octanol–water partition coefficient (Wildman–Crippen LogP) is 4.77. The van der Waals surface area contributed by atoms with Crippen LogP contribution in [0.4, 0.5) is 27.7 Å². The fourth-order valence-corrected chi connectivity index (χ4v) is 5.79. The van der Waals surface area contributed by atoms with Gasteiger partial charge in [0.05, 0.1) is 24.2 Å². The first-order valence-electron chi connectivity index (χ1n) is 13.3. The van der Waals surface area contributed by atoms with Crippen molar-refractivity contribution in [3.05, 3.63) is 65.0 Å². The van der Waals surface area contributed by atoms with Crippen LogP contribution in [0.25, 0.3) is 0 Å². The largest absolute Gasteiger partial charge is 0.474 e. The number of rotatable bonds is 5. The average Bonchev–Trinajstić information content (AvgIpc) is 2.87. The van der Waals surface area contributed by atoms with Gasteiger partial charge in [0.2, 0.25) is 5.88 Å². The van der Waals surface area contributed by atoms with Crippen LogP contribution in [0.3, 0.4) is 0 Å². The zero-order valence-corrected chi connectivity index (χ0v) is 24.3. The number of benzene rings is 1. The summed E-state index contributed by atoms with van der Waals surface area (Å²) in [6.45, 7) is 9.75. The van der Waals surface area contributed by atoms with Crippen molar-refractivity contribution in [3.63, 3.8) is 0 Å². The Hall–Kier alpha value is -3.86. The second-order valence-corrected chi connectivity index (χ2v) is 13.4. The van der Waals surface area contributed by atoms with E-state index in [0.717, 1.165) is 41.0 Å². The van der Waals surface area contributed by atoms with E-state index in [-0.39, 0.29) is 5.75 Å². The summed E-state index contributed by atoms with van der Waals surface area (Å²) in [5, 5.41) is 3.32. The van der Waals surface area contributed by atoms with Gasteiger partial charge in [0.15, 0.2) is 9.84 Å². The Morgan fingerprint density at radius 3 is 2.55 bits per heavy atom. The number of hydrogen-bond acceptors (Lipinski definition) is 9. The first-order valence-corrected chi connectivity index (χ1v) is 15.3. The minimum absolute atomic E-state index is 0.0127. The minimum Gasteiger partial charge on any atom is -0.474 e. The van der Waals surface area contributed by atoms with Gasteiger partial charge in [-0.3, -0.25) is 4.90 Å². The molecular formula is C29H35N5O5S. The molecular weight excluding hydrogens is 530 g/mol. The molecule has 2 aliphatic heterocycles. The fraction of sp³-hybridized carbons (Fsp3) is 0.414. The van der Waals surface area contributed by atoms with Crippen molar-refractivity contribution in [3.8, 4) is 5.88 Å². The van der Waals surface area contributed by atoms with Crippen LogP contribution >= 0.6 is 0 Å². The van der Waals surface area contributed by atoms with Crippen LogP contribution in [0.5, 0.6) is 5.88 Å². The van der Waals surface area contributed by atoms with E-state index in [2.05, 4.69) is 20.2 Å². The van der Waals surface area contributed by atoms with E-state index < -0.39 is 21.5 Å². The molecule has 0 saturated heterocycles. The molecule has 10 nitrogen and oxygen atoms in total. The van der Waals surface area contributed by atoms with Crippen molar-refractivity contribution in [2.24, 2.45) is 0 Å². The highest BCUT2D eigenvalue weighted by Gasteiger charge is 2.32. The number of amides is 1. The van der Waals surface area contributed by atoms with Gasteiger partial charge in [-0.2, -0.15) is 0 Å². The zero-order valence-electron chi connectivity index (χ0n) is 23.5. The summed E-state index contributed by atoms with van der Waals surface area (Å²) in [5.41, 5.74) is 5.81. The molecule has 2 aromatic heterocycles. The van der Waals surface area contributed by atoms with E-state index in [1.54, 1.807) is 17.0 Å². The summed E-state index contributed by atoms with van der Waals surface area (Å²) in [4.78, 5) is 26.1. The number of pyridine rings is 2. The summed E-state index contributed by atoms with van der Waals surface area (Å²) >= 11 is 0. The number of fused-ring (bicyclic) bond motifs is 2. The number of ether oxygens (including phenoxy) is 2.